The molecule has 0 aromatic rings. The second-order valence-corrected chi connectivity index (χ2v) is 11.7. The number of nitrogens with one attached hydrogen (secondary N) is 3. The first kappa shape index (κ1) is 25.7. The maximum Gasteiger partial charge on any atom is 0.392 e. The standard InChI is InChI=1S/C25H44F3N3O2/c1-14-19(5-4-6-21(14)25(26,27)28)15(2)29-23-20-13-17(7-8-22(20)30-16(3)31-23)24(33)11-9-18(32)10-12-24/h14-23,29-33H,4-13H2,1-3H3. The first-order valence-electron chi connectivity index (χ1n) is 13.2. The Labute approximate surface area is 196 Å². The average Bonchev–Trinajstić information content (AvgIpc) is 2.75. The zero-order valence-electron chi connectivity index (χ0n) is 20.4. The lowest BCUT2D eigenvalue weighted by atomic mass is 9.64. The molecule has 1 heterocycles. The van der Waals surface area contributed by atoms with Gasteiger partial charge in [-0.1, -0.05) is 13.3 Å². The highest BCUT2D eigenvalue weighted by Gasteiger charge is 2.50. The molecule has 4 aliphatic rings. The summed E-state index contributed by atoms with van der Waals surface area (Å²) in [7, 11) is 0. The van der Waals surface area contributed by atoms with Gasteiger partial charge in [-0.3, -0.25) is 16.0 Å². The van der Waals surface area contributed by atoms with E-state index < -0.39 is 17.7 Å². The van der Waals surface area contributed by atoms with Crippen molar-refractivity contribution in [1.29, 1.82) is 0 Å². The third-order valence-electron chi connectivity index (χ3n) is 9.67. The van der Waals surface area contributed by atoms with Crippen LogP contribution in [0.1, 0.15) is 85.0 Å². The van der Waals surface area contributed by atoms with Gasteiger partial charge in [-0.2, -0.15) is 13.2 Å². The van der Waals surface area contributed by atoms with Gasteiger partial charge in [0.05, 0.1) is 30.0 Å². The summed E-state index contributed by atoms with van der Waals surface area (Å²) >= 11 is 0. The molecule has 0 amide bonds. The predicted molar refractivity (Wildman–Crippen MR) is 122 cm³/mol. The van der Waals surface area contributed by atoms with E-state index in [1.54, 1.807) is 6.92 Å². The van der Waals surface area contributed by atoms with Gasteiger partial charge in [0.15, 0.2) is 0 Å². The van der Waals surface area contributed by atoms with Crippen LogP contribution in [0.3, 0.4) is 0 Å². The van der Waals surface area contributed by atoms with Crippen LogP contribution < -0.4 is 16.0 Å². The van der Waals surface area contributed by atoms with Crippen molar-refractivity contribution in [3.8, 4) is 0 Å². The Morgan fingerprint density at radius 1 is 1.00 bits per heavy atom. The normalized spacial score (nSPS) is 48.2. The third kappa shape index (κ3) is 5.55. The molecule has 1 aliphatic heterocycles. The van der Waals surface area contributed by atoms with Gasteiger partial charge in [-0.05, 0) is 89.4 Å². The molecule has 0 bridgehead atoms. The lowest BCUT2D eigenvalue weighted by molar-refractivity contribution is -0.201. The molecule has 3 saturated carbocycles. The van der Waals surface area contributed by atoms with Crippen LogP contribution >= 0.6 is 0 Å². The number of rotatable bonds is 4. The van der Waals surface area contributed by atoms with Crippen molar-refractivity contribution in [2.75, 3.05) is 0 Å². The minimum absolute atomic E-state index is 0.000722. The summed E-state index contributed by atoms with van der Waals surface area (Å²) in [6, 6.07) is 0.327. The highest BCUT2D eigenvalue weighted by molar-refractivity contribution is 5.02. The molecule has 0 radical (unpaired) electrons. The summed E-state index contributed by atoms with van der Waals surface area (Å²) in [5.41, 5.74) is -0.707. The maximum absolute atomic E-state index is 13.6. The van der Waals surface area contributed by atoms with Crippen LogP contribution in [0.5, 0.6) is 0 Å². The molecule has 5 N–H and O–H groups in total. The van der Waals surface area contributed by atoms with Crippen molar-refractivity contribution < 1.29 is 23.4 Å². The van der Waals surface area contributed by atoms with E-state index in [0.29, 0.717) is 38.1 Å². The fourth-order valence-corrected chi connectivity index (χ4v) is 7.68. The minimum atomic E-state index is -4.12. The van der Waals surface area contributed by atoms with E-state index >= 15 is 0 Å². The molecular weight excluding hydrogens is 431 g/mol. The highest BCUT2D eigenvalue weighted by Crippen LogP contribution is 2.47. The van der Waals surface area contributed by atoms with E-state index in [2.05, 4.69) is 29.8 Å². The lowest BCUT2D eigenvalue weighted by Gasteiger charge is -2.52. The highest BCUT2D eigenvalue weighted by atomic mass is 19.4. The van der Waals surface area contributed by atoms with Gasteiger partial charge in [-0.15, -0.1) is 0 Å². The number of alkyl halides is 3. The Kier molecular flexibility index (Phi) is 7.72. The first-order chi connectivity index (χ1) is 15.5. The van der Waals surface area contributed by atoms with Crippen LogP contribution in [0.4, 0.5) is 13.2 Å². The SMILES string of the molecule is CC1NC2CCC(C3(O)CCC(O)CC3)CC2C(NC(C)C2CCCC(C(F)(F)F)C2C)N1. The van der Waals surface area contributed by atoms with E-state index in [1.165, 1.54) is 0 Å². The largest absolute Gasteiger partial charge is 0.393 e. The Morgan fingerprint density at radius 3 is 2.36 bits per heavy atom. The monoisotopic (exact) mass is 475 g/mol. The molecule has 0 spiro atoms. The summed E-state index contributed by atoms with van der Waals surface area (Å²) in [4.78, 5) is 0. The molecule has 8 heteroatoms. The molecule has 1 saturated heterocycles. The predicted octanol–water partition coefficient (Wildman–Crippen LogP) is 3.90. The van der Waals surface area contributed by atoms with Crippen molar-refractivity contribution in [2.24, 2.45) is 29.6 Å². The summed E-state index contributed by atoms with van der Waals surface area (Å²) < 4.78 is 40.7. The molecule has 33 heavy (non-hydrogen) atoms. The molecule has 0 aromatic carbocycles. The Bertz CT molecular complexity index is 655. The topological polar surface area (TPSA) is 76.5 Å². The van der Waals surface area contributed by atoms with Gasteiger partial charge in [0, 0.05) is 18.0 Å². The summed E-state index contributed by atoms with van der Waals surface area (Å²) in [5, 5.41) is 32.3. The Hall–Kier alpha value is -0.410. The minimum Gasteiger partial charge on any atom is -0.393 e. The zero-order chi connectivity index (χ0) is 24.0. The van der Waals surface area contributed by atoms with E-state index in [-0.39, 0.29) is 54.6 Å². The fraction of sp³-hybridized carbons (Fsp3) is 1.00. The van der Waals surface area contributed by atoms with E-state index in [9.17, 15) is 23.4 Å². The second-order valence-electron chi connectivity index (χ2n) is 11.7. The van der Waals surface area contributed by atoms with E-state index in [1.807, 2.05) is 0 Å². The van der Waals surface area contributed by atoms with Crippen molar-refractivity contribution in [1.82, 2.24) is 16.0 Å². The number of hydrogen-bond acceptors (Lipinski definition) is 5. The van der Waals surface area contributed by atoms with Crippen LogP contribution in [-0.2, 0) is 0 Å². The number of halogens is 3. The van der Waals surface area contributed by atoms with Crippen LogP contribution in [-0.4, -0.2) is 52.5 Å². The van der Waals surface area contributed by atoms with Gasteiger partial charge in [-0.25, -0.2) is 0 Å². The van der Waals surface area contributed by atoms with E-state index in [0.717, 1.165) is 25.7 Å². The van der Waals surface area contributed by atoms with Gasteiger partial charge < -0.3 is 10.2 Å². The van der Waals surface area contributed by atoms with Crippen molar-refractivity contribution in [3.05, 3.63) is 0 Å². The number of aliphatic hydroxyl groups excluding tert-OH is 1. The summed E-state index contributed by atoms with van der Waals surface area (Å²) in [5.74, 6) is -1.12. The zero-order valence-corrected chi connectivity index (χ0v) is 20.4. The van der Waals surface area contributed by atoms with Gasteiger partial charge in [0.2, 0.25) is 0 Å². The molecule has 5 nitrogen and oxygen atoms in total. The summed E-state index contributed by atoms with van der Waals surface area (Å²) in [6.07, 6.45) is 2.93. The quantitative estimate of drug-likeness (QED) is 0.427. The van der Waals surface area contributed by atoms with Crippen LogP contribution in [0.2, 0.25) is 0 Å². The third-order valence-corrected chi connectivity index (χ3v) is 9.67. The summed E-state index contributed by atoms with van der Waals surface area (Å²) in [6.45, 7) is 5.94. The molecule has 9 unspecified atom stereocenters. The Balaban J connectivity index is 1.44. The molecule has 4 fully saturated rings. The van der Waals surface area contributed by atoms with Gasteiger partial charge in [0.25, 0.3) is 0 Å². The molecule has 0 aromatic heterocycles. The van der Waals surface area contributed by atoms with Crippen molar-refractivity contribution >= 4 is 0 Å². The molecule has 9 atom stereocenters. The maximum atomic E-state index is 13.6. The second kappa shape index (κ2) is 9.92. The molecule has 3 aliphatic carbocycles. The van der Waals surface area contributed by atoms with E-state index in [4.69, 9.17) is 0 Å². The van der Waals surface area contributed by atoms with Gasteiger partial charge in [0.1, 0.15) is 0 Å². The fourth-order valence-electron chi connectivity index (χ4n) is 7.68. The number of fused-ring (bicyclic) bond motifs is 1. The smallest absolute Gasteiger partial charge is 0.392 e. The lowest BCUT2D eigenvalue weighted by Crippen LogP contribution is -2.69. The van der Waals surface area contributed by atoms with Crippen LogP contribution in [0.15, 0.2) is 0 Å². The Morgan fingerprint density at radius 2 is 1.70 bits per heavy atom. The number of aliphatic hydroxyl groups is 2. The molecular formula is C25H44F3N3O2. The van der Waals surface area contributed by atoms with Gasteiger partial charge >= 0.3 is 6.18 Å². The first-order valence-corrected chi connectivity index (χ1v) is 13.2. The average molecular weight is 476 g/mol. The van der Waals surface area contributed by atoms with Crippen molar-refractivity contribution in [3.63, 3.8) is 0 Å². The molecule has 4 rings (SSSR count). The van der Waals surface area contributed by atoms with Crippen molar-refractivity contribution in [2.45, 2.75) is 127 Å². The number of hydrogen-bond donors (Lipinski definition) is 5. The molecule has 192 valence electrons. The van der Waals surface area contributed by atoms with Crippen LogP contribution in [0, 0.1) is 29.6 Å². The van der Waals surface area contributed by atoms with Crippen LogP contribution in [0.25, 0.3) is 0 Å².